The van der Waals surface area contributed by atoms with Crippen molar-refractivity contribution in [2.45, 2.75) is 25.4 Å². The summed E-state index contributed by atoms with van der Waals surface area (Å²) in [6, 6.07) is 12.4. The topological polar surface area (TPSA) is 36.4 Å². The van der Waals surface area contributed by atoms with Crippen LogP contribution in [0.3, 0.4) is 0 Å². The first-order valence-corrected chi connectivity index (χ1v) is 8.88. The fraction of sp³-hybridized carbons (Fsp3) is 0.333. The Morgan fingerprint density at radius 3 is 2.85 bits per heavy atom. The monoisotopic (exact) mass is 353 g/mol. The molecule has 1 saturated heterocycles. The average Bonchev–Trinajstić information content (AvgIpc) is 3.10. The Morgan fingerprint density at radius 2 is 2.08 bits per heavy atom. The SMILES string of the molecule is CN(C)Cc1cccc(C2CCCN2C(=O)C=Cc2ccccc2F)n1. The minimum absolute atomic E-state index is 0.0186. The Bertz CT molecular complexity index is 803. The minimum atomic E-state index is -0.326. The summed E-state index contributed by atoms with van der Waals surface area (Å²) in [5.74, 6) is -0.428. The molecule has 4 nitrogen and oxygen atoms in total. The van der Waals surface area contributed by atoms with Gasteiger partial charge in [0, 0.05) is 24.7 Å². The smallest absolute Gasteiger partial charge is 0.247 e. The van der Waals surface area contributed by atoms with Crippen LogP contribution in [-0.4, -0.2) is 41.3 Å². The van der Waals surface area contributed by atoms with Crippen molar-refractivity contribution in [1.29, 1.82) is 0 Å². The van der Waals surface area contributed by atoms with Crippen molar-refractivity contribution in [2.24, 2.45) is 0 Å². The predicted molar refractivity (Wildman–Crippen MR) is 101 cm³/mol. The summed E-state index contributed by atoms with van der Waals surface area (Å²) in [7, 11) is 4.01. The van der Waals surface area contributed by atoms with Crippen LogP contribution in [0.5, 0.6) is 0 Å². The van der Waals surface area contributed by atoms with Gasteiger partial charge in [0.15, 0.2) is 0 Å². The van der Waals surface area contributed by atoms with Crippen LogP contribution in [0.2, 0.25) is 0 Å². The second kappa shape index (κ2) is 8.23. The Morgan fingerprint density at radius 1 is 1.27 bits per heavy atom. The zero-order chi connectivity index (χ0) is 18.5. The van der Waals surface area contributed by atoms with Gasteiger partial charge in [-0.1, -0.05) is 24.3 Å². The number of likely N-dealkylation sites (tertiary alicyclic amines) is 1. The number of carbonyl (C=O) groups excluding carboxylic acids is 1. The van der Waals surface area contributed by atoms with Crippen molar-refractivity contribution >= 4 is 12.0 Å². The van der Waals surface area contributed by atoms with E-state index in [1.54, 1.807) is 24.3 Å². The fourth-order valence-corrected chi connectivity index (χ4v) is 3.30. The fourth-order valence-electron chi connectivity index (χ4n) is 3.30. The third-order valence-electron chi connectivity index (χ3n) is 4.49. The van der Waals surface area contributed by atoms with Gasteiger partial charge < -0.3 is 9.80 Å². The van der Waals surface area contributed by atoms with Crippen molar-refractivity contribution < 1.29 is 9.18 Å². The van der Waals surface area contributed by atoms with E-state index in [1.807, 2.05) is 37.2 Å². The molecule has 0 saturated carbocycles. The molecular formula is C21H24FN3O. The highest BCUT2D eigenvalue weighted by Gasteiger charge is 2.29. The van der Waals surface area contributed by atoms with Crippen LogP contribution < -0.4 is 0 Å². The maximum Gasteiger partial charge on any atom is 0.247 e. The molecule has 1 unspecified atom stereocenters. The van der Waals surface area contributed by atoms with Gasteiger partial charge in [-0.15, -0.1) is 0 Å². The summed E-state index contributed by atoms with van der Waals surface area (Å²) in [5.41, 5.74) is 2.34. The van der Waals surface area contributed by atoms with Crippen LogP contribution in [0, 0.1) is 5.82 Å². The normalized spacial score (nSPS) is 17.4. The molecule has 1 amide bonds. The third-order valence-corrected chi connectivity index (χ3v) is 4.49. The summed E-state index contributed by atoms with van der Waals surface area (Å²) in [6.45, 7) is 1.46. The first-order chi connectivity index (χ1) is 12.5. The summed E-state index contributed by atoms with van der Waals surface area (Å²) in [5, 5.41) is 0. The summed E-state index contributed by atoms with van der Waals surface area (Å²) < 4.78 is 13.7. The number of amides is 1. The number of pyridine rings is 1. The van der Waals surface area contributed by atoms with E-state index >= 15 is 0 Å². The molecule has 1 fully saturated rings. The van der Waals surface area contributed by atoms with Crippen LogP contribution in [0.15, 0.2) is 48.5 Å². The zero-order valence-corrected chi connectivity index (χ0v) is 15.2. The van der Waals surface area contributed by atoms with Gasteiger partial charge >= 0.3 is 0 Å². The summed E-state index contributed by atoms with van der Waals surface area (Å²) in [6.07, 6.45) is 4.85. The second-order valence-electron chi connectivity index (χ2n) is 6.84. The molecule has 1 aromatic heterocycles. The highest BCUT2D eigenvalue weighted by Crippen LogP contribution is 2.31. The summed E-state index contributed by atoms with van der Waals surface area (Å²) in [4.78, 5) is 21.3. The van der Waals surface area contributed by atoms with E-state index in [4.69, 9.17) is 4.98 Å². The first kappa shape index (κ1) is 18.3. The van der Waals surface area contributed by atoms with Crippen LogP contribution in [0.4, 0.5) is 4.39 Å². The molecule has 2 heterocycles. The lowest BCUT2D eigenvalue weighted by Crippen LogP contribution is -2.29. The highest BCUT2D eigenvalue weighted by molar-refractivity contribution is 5.92. The number of nitrogens with zero attached hydrogens (tertiary/aromatic N) is 3. The maximum absolute atomic E-state index is 13.7. The lowest BCUT2D eigenvalue weighted by molar-refractivity contribution is -0.126. The molecule has 3 rings (SSSR count). The minimum Gasteiger partial charge on any atom is -0.331 e. The highest BCUT2D eigenvalue weighted by atomic mass is 19.1. The van der Waals surface area contributed by atoms with Gasteiger partial charge in [-0.05, 0) is 51.2 Å². The van der Waals surface area contributed by atoms with Crippen LogP contribution >= 0.6 is 0 Å². The van der Waals surface area contributed by atoms with E-state index in [1.165, 1.54) is 12.1 Å². The van der Waals surface area contributed by atoms with E-state index in [0.29, 0.717) is 12.1 Å². The van der Waals surface area contributed by atoms with Crippen LogP contribution in [0.1, 0.15) is 35.8 Å². The molecule has 1 aromatic carbocycles. The zero-order valence-electron chi connectivity index (χ0n) is 15.2. The molecule has 1 aliphatic heterocycles. The Hall–Kier alpha value is -2.53. The van der Waals surface area contributed by atoms with Crippen molar-refractivity contribution in [1.82, 2.24) is 14.8 Å². The number of rotatable bonds is 5. The molecule has 0 aliphatic carbocycles. The number of aromatic nitrogens is 1. The molecule has 0 radical (unpaired) electrons. The molecule has 136 valence electrons. The van der Waals surface area contributed by atoms with Crippen molar-refractivity contribution in [2.75, 3.05) is 20.6 Å². The number of halogens is 1. The summed E-state index contributed by atoms with van der Waals surface area (Å²) >= 11 is 0. The Kier molecular flexibility index (Phi) is 5.78. The van der Waals surface area contributed by atoms with E-state index in [2.05, 4.69) is 4.90 Å². The number of hydrogen-bond acceptors (Lipinski definition) is 3. The number of carbonyl (C=O) groups is 1. The molecule has 0 bridgehead atoms. The van der Waals surface area contributed by atoms with Crippen LogP contribution in [-0.2, 0) is 11.3 Å². The third kappa shape index (κ3) is 4.35. The van der Waals surface area contributed by atoms with Crippen molar-refractivity contribution in [3.8, 4) is 0 Å². The Balaban J connectivity index is 1.75. The van der Waals surface area contributed by atoms with E-state index in [0.717, 1.165) is 30.8 Å². The Labute approximate surface area is 154 Å². The molecular weight excluding hydrogens is 329 g/mol. The van der Waals surface area contributed by atoms with Gasteiger partial charge in [0.2, 0.25) is 5.91 Å². The van der Waals surface area contributed by atoms with Gasteiger partial charge in [-0.2, -0.15) is 0 Å². The van der Waals surface area contributed by atoms with Gasteiger partial charge in [0.25, 0.3) is 0 Å². The lowest BCUT2D eigenvalue weighted by atomic mass is 10.1. The van der Waals surface area contributed by atoms with Gasteiger partial charge in [0.1, 0.15) is 5.82 Å². The van der Waals surface area contributed by atoms with Gasteiger partial charge in [-0.3, -0.25) is 9.78 Å². The lowest BCUT2D eigenvalue weighted by Gasteiger charge is -2.23. The quantitative estimate of drug-likeness (QED) is 0.770. The van der Waals surface area contributed by atoms with Gasteiger partial charge in [-0.25, -0.2) is 4.39 Å². The largest absolute Gasteiger partial charge is 0.331 e. The molecule has 1 aliphatic rings. The first-order valence-electron chi connectivity index (χ1n) is 8.88. The van der Waals surface area contributed by atoms with E-state index in [9.17, 15) is 9.18 Å². The van der Waals surface area contributed by atoms with E-state index < -0.39 is 0 Å². The predicted octanol–water partition coefficient (Wildman–Crippen LogP) is 3.66. The van der Waals surface area contributed by atoms with Gasteiger partial charge in [0.05, 0.1) is 17.4 Å². The molecule has 0 N–H and O–H groups in total. The van der Waals surface area contributed by atoms with Crippen molar-refractivity contribution in [3.05, 3.63) is 71.3 Å². The molecule has 1 atom stereocenters. The van der Waals surface area contributed by atoms with Crippen molar-refractivity contribution in [3.63, 3.8) is 0 Å². The standard InChI is InChI=1S/C21H24FN3O/c1-24(2)15-17-8-5-10-19(23-17)20-11-6-14-25(20)21(26)13-12-16-7-3-4-9-18(16)22/h3-5,7-10,12-13,20H,6,11,14-15H2,1-2H3. The average molecular weight is 353 g/mol. The maximum atomic E-state index is 13.7. The second-order valence-corrected chi connectivity index (χ2v) is 6.84. The molecule has 26 heavy (non-hydrogen) atoms. The molecule has 5 heteroatoms. The molecule has 0 spiro atoms. The molecule has 2 aromatic rings. The number of hydrogen-bond donors (Lipinski definition) is 0. The number of benzene rings is 1. The van der Waals surface area contributed by atoms with E-state index in [-0.39, 0.29) is 17.8 Å². The van der Waals surface area contributed by atoms with Crippen LogP contribution in [0.25, 0.3) is 6.08 Å².